The van der Waals surface area contributed by atoms with Gasteiger partial charge in [-0.3, -0.25) is 9.69 Å². The van der Waals surface area contributed by atoms with Crippen LogP contribution in [-0.2, 0) is 14.3 Å². The molecule has 0 radical (unpaired) electrons. The number of carbonyl (C=O) groups is 1. The van der Waals surface area contributed by atoms with Crippen LogP contribution >= 0.6 is 0 Å². The molecule has 20 heavy (non-hydrogen) atoms. The largest absolute Gasteiger partial charge is 0.481 e. The molecule has 0 bridgehead atoms. The van der Waals surface area contributed by atoms with Crippen LogP contribution < -0.4 is 0 Å². The highest BCUT2D eigenvalue weighted by atomic mass is 16.5. The third-order valence-electron chi connectivity index (χ3n) is 5.28. The zero-order valence-electron chi connectivity index (χ0n) is 12.2. The van der Waals surface area contributed by atoms with Crippen LogP contribution in [0.15, 0.2) is 0 Å². The molecule has 114 valence electrons. The number of likely N-dealkylation sites (N-methyl/N-ethyl adjacent to an activating group) is 1. The van der Waals surface area contributed by atoms with Gasteiger partial charge < -0.3 is 14.6 Å². The zero-order chi connectivity index (χ0) is 14.2. The third kappa shape index (κ3) is 2.71. The van der Waals surface area contributed by atoms with Crippen molar-refractivity contribution in [3.63, 3.8) is 0 Å². The molecule has 1 spiro atoms. The molecule has 1 N–H and O–H groups in total. The molecular formula is C15H25NO4. The van der Waals surface area contributed by atoms with Crippen LogP contribution in [0.25, 0.3) is 0 Å². The molecule has 5 heteroatoms. The van der Waals surface area contributed by atoms with Crippen molar-refractivity contribution >= 4 is 5.97 Å². The summed E-state index contributed by atoms with van der Waals surface area (Å²) in [5, 5.41) is 9.22. The molecule has 0 amide bonds. The highest BCUT2D eigenvalue weighted by Crippen LogP contribution is 2.43. The van der Waals surface area contributed by atoms with Crippen molar-refractivity contribution in [2.24, 2.45) is 5.92 Å². The second-order valence-electron chi connectivity index (χ2n) is 6.66. The molecule has 3 rings (SSSR count). The lowest BCUT2D eigenvalue weighted by Crippen LogP contribution is -2.44. The van der Waals surface area contributed by atoms with Crippen LogP contribution in [0, 0.1) is 5.92 Å². The Morgan fingerprint density at radius 3 is 2.75 bits per heavy atom. The van der Waals surface area contributed by atoms with E-state index in [0.29, 0.717) is 13.2 Å². The van der Waals surface area contributed by atoms with Gasteiger partial charge in [-0.1, -0.05) is 12.8 Å². The summed E-state index contributed by atoms with van der Waals surface area (Å²) >= 11 is 0. The van der Waals surface area contributed by atoms with Gasteiger partial charge in [0.2, 0.25) is 0 Å². The quantitative estimate of drug-likeness (QED) is 0.847. The molecule has 1 saturated carbocycles. The molecule has 2 heterocycles. The smallest absolute Gasteiger partial charge is 0.310 e. The van der Waals surface area contributed by atoms with Crippen LogP contribution in [0.3, 0.4) is 0 Å². The SMILES string of the molecule is CN(CC1CCC2(CCCC2)O1)C1COCC1C(=O)O. The molecule has 2 aliphatic heterocycles. The monoisotopic (exact) mass is 283 g/mol. The standard InChI is InChI=1S/C15H25NO4/c1-16(13-10-19-9-12(13)14(17)18)8-11-4-7-15(20-11)5-2-3-6-15/h11-13H,2-10H2,1H3,(H,17,18). The third-order valence-corrected chi connectivity index (χ3v) is 5.28. The van der Waals surface area contributed by atoms with Crippen molar-refractivity contribution in [3.05, 3.63) is 0 Å². The van der Waals surface area contributed by atoms with Gasteiger partial charge >= 0.3 is 5.97 Å². The van der Waals surface area contributed by atoms with Gasteiger partial charge in [-0.15, -0.1) is 0 Å². The topological polar surface area (TPSA) is 59.0 Å². The van der Waals surface area contributed by atoms with Crippen LogP contribution in [0.1, 0.15) is 38.5 Å². The number of carboxylic acid groups (broad SMARTS) is 1. The normalized spacial score (nSPS) is 36.2. The fourth-order valence-corrected chi connectivity index (χ4v) is 4.08. The minimum atomic E-state index is -0.751. The Balaban J connectivity index is 1.54. The van der Waals surface area contributed by atoms with Crippen molar-refractivity contribution in [2.45, 2.75) is 56.3 Å². The summed E-state index contributed by atoms with van der Waals surface area (Å²) in [7, 11) is 2.00. The Hall–Kier alpha value is -0.650. The molecule has 2 saturated heterocycles. The molecule has 3 fully saturated rings. The van der Waals surface area contributed by atoms with E-state index in [9.17, 15) is 9.90 Å². The first-order valence-electron chi connectivity index (χ1n) is 7.78. The van der Waals surface area contributed by atoms with Crippen LogP contribution in [0.4, 0.5) is 0 Å². The first kappa shape index (κ1) is 14.3. The summed E-state index contributed by atoms with van der Waals surface area (Å²) in [5.41, 5.74) is 0.157. The second-order valence-corrected chi connectivity index (χ2v) is 6.66. The van der Waals surface area contributed by atoms with E-state index < -0.39 is 11.9 Å². The summed E-state index contributed by atoms with van der Waals surface area (Å²) in [6.07, 6.45) is 7.54. The molecule has 0 aromatic heterocycles. The predicted molar refractivity (Wildman–Crippen MR) is 73.7 cm³/mol. The fraction of sp³-hybridized carbons (Fsp3) is 0.933. The summed E-state index contributed by atoms with van der Waals surface area (Å²) < 4.78 is 11.7. The molecule has 3 unspecified atom stereocenters. The van der Waals surface area contributed by atoms with E-state index in [-0.39, 0.29) is 17.7 Å². The van der Waals surface area contributed by atoms with E-state index in [0.717, 1.165) is 13.0 Å². The first-order chi connectivity index (χ1) is 9.60. The number of hydrogen-bond acceptors (Lipinski definition) is 4. The molecule has 3 atom stereocenters. The minimum Gasteiger partial charge on any atom is -0.481 e. The minimum absolute atomic E-state index is 0.0174. The highest BCUT2D eigenvalue weighted by molar-refractivity contribution is 5.71. The van der Waals surface area contributed by atoms with Gasteiger partial charge in [0.15, 0.2) is 0 Å². The molecular weight excluding hydrogens is 258 g/mol. The molecule has 1 aliphatic carbocycles. The average Bonchev–Trinajstić information content (AvgIpc) is 3.12. The fourth-order valence-electron chi connectivity index (χ4n) is 4.08. The molecule has 3 aliphatic rings. The van der Waals surface area contributed by atoms with Gasteiger partial charge in [0.25, 0.3) is 0 Å². The Kier molecular flexibility index (Phi) is 4.02. The predicted octanol–water partition coefficient (Wildman–Crippen LogP) is 1.51. The Morgan fingerprint density at radius 1 is 1.30 bits per heavy atom. The summed E-state index contributed by atoms with van der Waals surface area (Å²) in [6.45, 7) is 1.67. The number of carboxylic acids is 1. The van der Waals surface area contributed by atoms with Crippen LogP contribution in [0.5, 0.6) is 0 Å². The van der Waals surface area contributed by atoms with E-state index in [1.54, 1.807) is 0 Å². The number of nitrogens with zero attached hydrogens (tertiary/aromatic N) is 1. The van der Waals surface area contributed by atoms with Gasteiger partial charge in [-0.25, -0.2) is 0 Å². The lowest BCUT2D eigenvalue weighted by molar-refractivity contribution is -0.143. The van der Waals surface area contributed by atoms with E-state index in [4.69, 9.17) is 9.47 Å². The Labute approximate surface area is 120 Å². The van der Waals surface area contributed by atoms with Crippen molar-refractivity contribution in [3.8, 4) is 0 Å². The maximum atomic E-state index is 11.2. The molecule has 5 nitrogen and oxygen atoms in total. The summed E-state index contributed by atoms with van der Waals surface area (Å²) in [6, 6.07) is -0.0174. The molecule has 0 aromatic carbocycles. The van der Waals surface area contributed by atoms with Gasteiger partial charge in [0.05, 0.1) is 30.8 Å². The zero-order valence-corrected chi connectivity index (χ0v) is 12.2. The Bertz CT molecular complexity index is 367. The maximum absolute atomic E-state index is 11.2. The molecule has 0 aromatic rings. The van der Waals surface area contributed by atoms with Gasteiger partial charge in [-0.2, -0.15) is 0 Å². The average molecular weight is 283 g/mol. The number of ether oxygens (including phenoxy) is 2. The van der Waals surface area contributed by atoms with E-state index >= 15 is 0 Å². The Morgan fingerprint density at radius 2 is 2.05 bits per heavy atom. The first-order valence-corrected chi connectivity index (χ1v) is 7.78. The van der Waals surface area contributed by atoms with E-state index in [1.807, 2.05) is 7.05 Å². The summed E-state index contributed by atoms with van der Waals surface area (Å²) in [4.78, 5) is 13.3. The van der Waals surface area contributed by atoms with E-state index in [1.165, 1.54) is 32.1 Å². The van der Waals surface area contributed by atoms with E-state index in [2.05, 4.69) is 4.90 Å². The van der Waals surface area contributed by atoms with Gasteiger partial charge in [0.1, 0.15) is 0 Å². The van der Waals surface area contributed by atoms with Crippen LogP contribution in [-0.4, -0.2) is 60.5 Å². The second kappa shape index (κ2) is 5.62. The van der Waals surface area contributed by atoms with Crippen LogP contribution in [0.2, 0.25) is 0 Å². The summed E-state index contributed by atoms with van der Waals surface area (Å²) in [5.74, 6) is -1.15. The van der Waals surface area contributed by atoms with Crippen molar-refractivity contribution in [1.29, 1.82) is 0 Å². The van der Waals surface area contributed by atoms with Crippen molar-refractivity contribution in [2.75, 3.05) is 26.8 Å². The van der Waals surface area contributed by atoms with Gasteiger partial charge in [0, 0.05) is 12.6 Å². The number of aliphatic carboxylic acids is 1. The lowest BCUT2D eigenvalue weighted by atomic mass is 9.98. The number of hydrogen-bond donors (Lipinski definition) is 1. The van der Waals surface area contributed by atoms with Crippen molar-refractivity contribution < 1.29 is 19.4 Å². The maximum Gasteiger partial charge on any atom is 0.310 e. The lowest BCUT2D eigenvalue weighted by Gasteiger charge is -2.30. The number of rotatable bonds is 4. The van der Waals surface area contributed by atoms with Crippen molar-refractivity contribution in [1.82, 2.24) is 4.90 Å². The van der Waals surface area contributed by atoms with Gasteiger partial charge in [-0.05, 0) is 32.7 Å². The highest BCUT2D eigenvalue weighted by Gasteiger charge is 2.43.